The summed E-state index contributed by atoms with van der Waals surface area (Å²) in [6.07, 6.45) is 1.80. The fourth-order valence-corrected chi connectivity index (χ4v) is 1.92. The average molecular weight is 238 g/mol. The van der Waals surface area contributed by atoms with Gasteiger partial charge in [-0.25, -0.2) is 0 Å². The zero-order chi connectivity index (χ0) is 12.1. The number of aromatic nitrogens is 1. The lowest BCUT2D eigenvalue weighted by atomic mass is 10.4. The van der Waals surface area contributed by atoms with E-state index in [2.05, 4.69) is 4.90 Å². The Hall–Kier alpha value is -1.33. The van der Waals surface area contributed by atoms with Crippen molar-refractivity contribution in [3.8, 4) is 5.75 Å². The molecular weight excluding hydrogens is 220 g/mol. The van der Waals surface area contributed by atoms with Crippen molar-refractivity contribution < 1.29 is 9.47 Å². The number of pyridine rings is 1. The van der Waals surface area contributed by atoms with Crippen LogP contribution in [0.5, 0.6) is 5.75 Å². The Balaban J connectivity index is 1.96. The highest BCUT2D eigenvalue weighted by atomic mass is 16.5. The van der Waals surface area contributed by atoms with Gasteiger partial charge in [-0.3, -0.25) is 9.69 Å². The topological polar surface area (TPSA) is 43.7 Å². The Labute approximate surface area is 101 Å². The molecule has 1 aromatic heterocycles. The minimum absolute atomic E-state index is 0.0664. The first kappa shape index (κ1) is 12.1. The minimum atomic E-state index is -0.0664. The lowest BCUT2D eigenvalue weighted by molar-refractivity contribution is 0.0362. The summed E-state index contributed by atoms with van der Waals surface area (Å²) < 4.78 is 12.0. The molecule has 0 bridgehead atoms. The Morgan fingerprint density at radius 3 is 2.82 bits per heavy atom. The van der Waals surface area contributed by atoms with E-state index < -0.39 is 0 Å². The van der Waals surface area contributed by atoms with Gasteiger partial charge in [0.25, 0.3) is 5.56 Å². The molecule has 0 aliphatic carbocycles. The second-order valence-electron chi connectivity index (χ2n) is 4.03. The van der Waals surface area contributed by atoms with Crippen LogP contribution in [-0.2, 0) is 11.3 Å². The first-order valence-corrected chi connectivity index (χ1v) is 5.85. The second kappa shape index (κ2) is 5.84. The highest BCUT2D eigenvalue weighted by Gasteiger charge is 2.10. The Kier molecular flexibility index (Phi) is 4.17. The van der Waals surface area contributed by atoms with E-state index in [9.17, 15) is 4.79 Å². The molecule has 0 unspecified atom stereocenters. The van der Waals surface area contributed by atoms with Gasteiger partial charge in [0.05, 0.1) is 20.3 Å². The molecule has 0 aromatic carbocycles. The molecule has 1 aliphatic rings. The maximum absolute atomic E-state index is 11.9. The van der Waals surface area contributed by atoms with Gasteiger partial charge in [-0.2, -0.15) is 0 Å². The Bertz CT molecular complexity index is 410. The van der Waals surface area contributed by atoms with E-state index in [1.807, 2.05) is 6.07 Å². The lowest BCUT2D eigenvalue weighted by Crippen LogP contribution is -2.39. The molecule has 5 heteroatoms. The number of rotatable bonds is 4. The van der Waals surface area contributed by atoms with Crippen molar-refractivity contribution >= 4 is 0 Å². The van der Waals surface area contributed by atoms with Crippen molar-refractivity contribution in [3.05, 3.63) is 28.7 Å². The number of hydrogen-bond donors (Lipinski definition) is 0. The maximum atomic E-state index is 11.9. The fourth-order valence-electron chi connectivity index (χ4n) is 1.92. The number of nitrogens with zero attached hydrogens (tertiary/aromatic N) is 2. The van der Waals surface area contributed by atoms with Crippen LogP contribution in [0, 0.1) is 0 Å². The highest BCUT2D eigenvalue weighted by molar-refractivity contribution is 5.16. The largest absolute Gasteiger partial charge is 0.491 e. The third-order valence-electron chi connectivity index (χ3n) is 2.97. The van der Waals surface area contributed by atoms with Crippen LogP contribution in [0.3, 0.4) is 0 Å². The van der Waals surface area contributed by atoms with Gasteiger partial charge in [0.15, 0.2) is 5.75 Å². The molecule has 2 heterocycles. The molecule has 0 amide bonds. The van der Waals surface area contributed by atoms with Gasteiger partial charge in [0.2, 0.25) is 0 Å². The standard InChI is InChI=1S/C12H18N2O3/c1-16-11-3-2-4-14(12(11)15)6-5-13-7-9-17-10-8-13/h2-4H,5-10H2,1H3. The molecule has 5 nitrogen and oxygen atoms in total. The average Bonchev–Trinajstić information content (AvgIpc) is 2.39. The van der Waals surface area contributed by atoms with Crippen molar-refractivity contribution in [3.63, 3.8) is 0 Å². The van der Waals surface area contributed by atoms with Gasteiger partial charge >= 0.3 is 0 Å². The zero-order valence-corrected chi connectivity index (χ0v) is 10.1. The quantitative estimate of drug-likeness (QED) is 0.751. The molecule has 94 valence electrons. The van der Waals surface area contributed by atoms with Crippen molar-refractivity contribution in [2.45, 2.75) is 6.54 Å². The third kappa shape index (κ3) is 3.08. The van der Waals surface area contributed by atoms with Gasteiger partial charge in [-0.05, 0) is 12.1 Å². The van der Waals surface area contributed by atoms with E-state index in [-0.39, 0.29) is 5.56 Å². The van der Waals surface area contributed by atoms with Crippen LogP contribution < -0.4 is 10.3 Å². The zero-order valence-electron chi connectivity index (χ0n) is 10.1. The molecule has 0 radical (unpaired) electrons. The molecule has 1 aromatic rings. The predicted octanol–water partition coefficient (Wildman–Crippen LogP) is 0.189. The van der Waals surface area contributed by atoms with E-state index in [0.717, 1.165) is 32.8 Å². The van der Waals surface area contributed by atoms with Gasteiger partial charge in [0, 0.05) is 32.4 Å². The molecule has 0 N–H and O–H groups in total. The molecule has 1 fully saturated rings. The first-order valence-electron chi connectivity index (χ1n) is 5.85. The van der Waals surface area contributed by atoms with Crippen LogP contribution >= 0.6 is 0 Å². The van der Waals surface area contributed by atoms with Gasteiger partial charge in [-0.1, -0.05) is 0 Å². The van der Waals surface area contributed by atoms with Crippen LogP contribution in [0.25, 0.3) is 0 Å². The van der Waals surface area contributed by atoms with Crippen molar-refractivity contribution in [1.82, 2.24) is 9.47 Å². The van der Waals surface area contributed by atoms with Crippen LogP contribution in [-0.4, -0.2) is 49.4 Å². The number of methoxy groups -OCH3 is 1. The second-order valence-corrected chi connectivity index (χ2v) is 4.03. The number of morpholine rings is 1. The van der Waals surface area contributed by atoms with Crippen molar-refractivity contribution in [1.29, 1.82) is 0 Å². The Morgan fingerprint density at radius 2 is 2.12 bits per heavy atom. The SMILES string of the molecule is COc1cccn(CCN2CCOCC2)c1=O. The van der Waals surface area contributed by atoms with E-state index in [0.29, 0.717) is 12.3 Å². The van der Waals surface area contributed by atoms with Gasteiger partial charge in [0.1, 0.15) is 0 Å². The monoisotopic (exact) mass is 238 g/mol. The summed E-state index contributed by atoms with van der Waals surface area (Å²) in [5, 5.41) is 0. The van der Waals surface area contributed by atoms with E-state index in [4.69, 9.17) is 9.47 Å². The summed E-state index contributed by atoms with van der Waals surface area (Å²) in [4.78, 5) is 14.2. The molecular formula is C12H18N2O3. The molecule has 0 atom stereocenters. The molecule has 0 saturated carbocycles. The summed E-state index contributed by atoms with van der Waals surface area (Å²) in [5.74, 6) is 0.398. The molecule has 1 saturated heterocycles. The summed E-state index contributed by atoms with van der Waals surface area (Å²) in [6.45, 7) is 5.02. The van der Waals surface area contributed by atoms with Crippen molar-refractivity contribution in [2.75, 3.05) is 40.0 Å². The molecule has 1 aliphatic heterocycles. The van der Waals surface area contributed by atoms with Crippen LogP contribution in [0.1, 0.15) is 0 Å². The smallest absolute Gasteiger partial charge is 0.292 e. The summed E-state index contributed by atoms with van der Waals surface area (Å²) in [7, 11) is 1.52. The van der Waals surface area contributed by atoms with E-state index >= 15 is 0 Å². The van der Waals surface area contributed by atoms with Crippen LogP contribution in [0.4, 0.5) is 0 Å². The van der Waals surface area contributed by atoms with E-state index in [1.54, 1.807) is 16.8 Å². The maximum Gasteiger partial charge on any atom is 0.292 e. The van der Waals surface area contributed by atoms with Crippen molar-refractivity contribution in [2.24, 2.45) is 0 Å². The minimum Gasteiger partial charge on any atom is -0.491 e. The highest BCUT2D eigenvalue weighted by Crippen LogP contribution is 2.01. The fraction of sp³-hybridized carbons (Fsp3) is 0.583. The van der Waals surface area contributed by atoms with Gasteiger partial charge < -0.3 is 14.0 Å². The first-order chi connectivity index (χ1) is 8.31. The lowest BCUT2D eigenvalue weighted by Gasteiger charge is -2.26. The van der Waals surface area contributed by atoms with Crippen LogP contribution in [0.15, 0.2) is 23.1 Å². The van der Waals surface area contributed by atoms with Gasteiger partial charge in [-0.15, -0.1) is 0 Å². The predicted molar refractivity (Wildman–Crippen MR) is 64.5 cm³/mol. The van der Waals surface area contributed by atoms with E-state index in [1.165, 1.54) is 7.11 Å². The summed E-state index contributed by atoms with van der Waals surface area (Å²) >= 11 is 0. The summed E-state index contributed by atoms with van der Waals surface area (Å²) in [5.41, 5.74) is -0.0664. The summed E-state index contributed by atoms with van der Waals surface area (Å²) in [6, 6.07) is 3.52. The molecule has 2 rings (SSSR count). The third-order valence-corrected chi connectivity index (χ3v) is 2.97. The molecule has 0 spiro atoms. The Morgan fingerprint density at radius 1 is 1.35 bits per heavy atom. The van der Waals surface area contributed by atoms with Crippen LogP contribution in [0.2, 0.25) is 0 Å². The number of hydrogen-bond acceptors (Lipinski definition) is 4. The molecule has 17 heavy (non-hydrogen) atoms. The number of ether oxygens (including phenoxy) is 2. The normalized spacial score (nSPS) is 17.0.